The second kappa shape index (κ2) is 17.2. The standard InChI is InChI=1S/C37H64O4.C3H8/c1-15-17-24-40-30(38)36(13,26-28(3)4)34(9,10)35(11,12)37(14,31(39)41-25-18-16-2)33(7,8)32(5,6)27-29-22-20-19-21-23-29;1-3-2/h19-23,28H,15-18,24-27H2,1-14H3;3H2,1-2H3. The molecule has 2 atom stereocenters. The van der Waals surface area contributed by atoms with E-state index in [-0.39, 0.29) is 23.3 Å². The quantitative estimate of drug-likeness (QED) is 0.129. The molecule has 0 fully saturated rings. The minimum absolute atomic E-state index is 0.166. The zero-order valence-corrected chi connectivity index (χ0v) is 32.0. The zero-order chi connectivity index (χ0) is 34.6. The Kier molecular flexibility index (Phi) is 16.5. The molecule has 0 aromatic heterocycles. The normalized spacial score (nSPS) is 15.5. The van der Waals surface area contributed by atoms with E-state index in [9.17, 15) is 9.59 Å². The van der Waals surface area contributed by atoms with Gasteiger partial charge in [-0.2, -0.15) is 0 Å². The lowest BCUT2D eigenvalue weighted by Gasteiger charge is -2.65. The maximum absolute atomic E-state index is 14.6. The summed E-state index contributed by atoms with van der Waals surface area (Å²) in [6.07, 6.45) is 6.33. The van der Waals surface area contributed by atoms with E-state index in [0.29, 0.717) is 19.6 Å². The van der Waals surface area contributed by atoms with Crippen molar-refractivity contribution in [2.75, 3.05) is 13.2 Å². The Bertz CT molecular complexity index is 988. The van der Waals surface area contributed by atoms with E-state index in [4.69, 9.17) is 9.47 Å². The number of esters is 2. The Hall–Kier alpha value is -1.84. The lowest BCUT2D eigenvalue weighted by molar-refractivity contribution is -0.220. The van der Waals surface area contributed by atoms with E-state index in [1.807, 2.05) is 6.07 Å². The molecule has 0 saturated carbocycles. The van der Waals surface area contributed by atoms with Gasteiger partial charge in [0.05, 0.1) is 24.0 Å². The van der Waals surface area contributed by atoms with Crippen LogP contribution >= 0.6 is 0 Å². The third kappa shape index (κ3) is 8.91. The first-order valence-electron chi connectivity index (χ1n) is 17.5. The molecule has 4 heteroatoms. The summed E-state index contributed by atoms with van der Waals surface area (Å²) >= 11 is 0. The van der Waals surface area contributed by atoms with Crippen molar-refractivity contribution in [1.29, 1.82) is 0 Å². The fraction of sp³-hybridized carbons (Fsp3) is 0.800. The smallest absolute Gasteiger partial charge is 0.312 e. The molecule has 2 unspecified atom stereocenters. The number of benzene rings is 1. The van der Waals surface area contributed by atoms with Gasteiger partial charge in [-0.25, -0.2) is 0 Å². The van der Waals surface area contributed by atoms with Crippen LogP contribution in [0.5, 0.6) is 0 Å². The molecule has 256 valence electrons. The molecule has 4 nitrogen and oxygen atoms in total. The molecule has 44 heavy (non-hydrogen) atoms. The van der Waals surface area contributed by atoms with Crippen molar-refractivity contribution in [3.05, 3.63) is 35.9 Å². The number of unbranched alkanes of at least 4 members (excludes halogenated alkanes) is 2. The summed E-state index contributed by atoms with van der Waals surface area (Å²) in [4.78, 5) is 28.6. The van der Waals surface area contributed by atoms with Gasteiger partial charge in [-0.1, -0.05) is 147 Å². The minimum atomic E-state index is -0.947. The Morgan fingerprint density at radius 3 is 1.50 bits per heavy atom. The molecular weight excluding hydrogens is 544 g/mol. The van der Waals surface area contributed by atoms with Gasteiger partial charge in [-0.05, 0) is 72.7 Å². The lowest BCUT2D eigenvalue weighted by Crippen LogP contribution is -2.66. The van der Waals surface area contributed by atoms with Crippen LogP contribution in [0.15, 0.2) is 30.3 Å². The highest BCUT2D eigenvalue weighted by Crippen LogP contribution is 2.69. The van der Waals surface area contributed by atoms with E-state index in [2.05, 4.69) is 135 Å². The molecular formula is C40H72O4. The van der Waals surface area contributed by atoms with Crippen LogP contribution in [0.3, 0.4) is 0 Å². The van der Waals surface area contributed by atoms with Crippen molar-refractivity contribution < 1.29 is 19.1 Å². The van der Waals surface area contributed by atoms with Crippen molar-refractivity contribution in [2.45, 2.75) is 156 Å². The molecule has 0 saturated heterocycles. The highest BCUT2D eigenvalue weighted by molar-refractivity contribution is 5.81. The third-order valence-corrected chi connectivity index (χ3v) is 11.8. The van der Waals surface area contributed by atoms with Gasteiger partial charge in [0.2, 0.25) is 0 Å². The highest BCUT2D eigenvalue weighted by Gasteiger charge is 2.69. The van der Waals surface area contributed by atoms with E-state index >= 15 is 0 Å². The Morgan fingerprint density at radius 1 is 0.659 bits per heavy atom. The summed E-state index contributed by atoms with van der Waals surface area (Å²) in [6.45, 7) is 35.5. The highest BCUT2D eigenvalue weighted by atomic mass is 16.5. The average molecular weight is 617 g/mol. The van der Waals surface area contributed by atoms with Gasteiger partial charge in [0, 0.05) is 0 Å². The maximum Gasteiger partial charge on any atom is 0.312 e. The summed E-state index contributed by atoms with van der Waals surface area (Å²) in [5, 5.41) is 0. The summed E-state index contributed by atoms with van der Waals surface area (Å²) in [6, 6.07) is 10.5. The van der Waals surface area contributed by atoms with E-state index in [0.717, 1.165) is 32.1 Å². The molecule has 0 amide bonds. The summed E-state index contributed by atoms with van der Waals surface area (Å²) < 4.78 is 12.1. The van der Waals surface area contributed by atoms with Gasteiger partial charge < -0.3 is 9.47 Å². The van der Waals surface area contributed by atoms with Gasteiger partial charge in [0.15, 0.2) is 0 Å². The molecule has 0 radical (unpaired) electrons. The monoisotopic (exact) mass is 617 g/mol. The molecule has 0 aliphatic carbocycles. The molecule has 0 spiro atoms. The Labute approximate surface area is 273 Å². The molecule has 1 aromatic carbocycles. The predicted molar refractivity (Wildman–Crippen MR) is 189 cm³/mol. The number of carbonyl (C=O) groups excluding carboxylic acids is 2. The SMILES string of the molecule is CCC.CCCCOC(=O)C(C)(CC(C)C)C(C)(C)C(C)(C)C(C)(C(=O)OCCCC)C(C)(C)C(C)(C)Cc1ccccc1. The fourth-order valence-electron chi connectivity index (χ4n) is 6.94. The van der Waals surface area contributed by atoms with Crippen LogP contribution < -0.4 is 0 Å². The molecule has 0 aliphatic rings. The van der Waals surface area contributed by atoms with E-state index in [1.54, 1.807) is 0 Å². The predicted octanol–water partition coefficient (Wildman–Crippen LogP) is 11.5. The maximum atomic E-state index is 14.6. The van der Waals surface area contributed by atoms with Crippen molar-refractivity contribution in [2.24, 2.45) is 38.4 Å². The summed E-state index contributed by atoms with van der Waals surface area (Å²) in [5.74, 6) is -0.0683. The summed E-state index contributed by atoms with van der Waals surface area (Å²) in [5.41, 5.74) is -2.63. The zero-order valence-electron chi connectivity index (χ0n) is 32.0. The minimum Gasteiger partial charge on any atom is -0.465 e. The number of ether oxygens (including phenoxy) is 2. The molecule has 0 N–H and O–H groups in total. The summed E-state index contributed by atoms with van der Waals surface area (Å²) in [7, 11) is 0. The van der Waals surface area contributed by atoms with Gasteiger partial charge >= 0.3 is 11.9 Å². The number of hydrogen-bond donors (Lipinski definition) is 0. The van der Waals surface area contributed by atoms with Crippen LogP contribution in [0.4, 0.5) is 0 Å². The van der Waals surface area contributed by atoms with Gasteiger partial charge in [-0.15, -0.1) is 0 Å². The van der Waals surface area contributed by atoms with Crippen LogP contribution in [0.1, 0.15) is 155 Å². The largest absolute Gasteiger partial charge is 0.465 e. The molecule has 0 heterocycles. The Balaban J connectivity index is 0.00000590. The van der Waals surface area contributed by atoms with Crippen LogP contribution in [0.2, 0.25) is 0 Å². The number of rotatable bonds is 17. The second-order valence-corrected chi connectivity index (χ2v) is 16.2. The van der Waals surface area contributed by atoms with Gasteiger partial charge in [0.1, 0.15) is 0 Å². The van der Waals surface area contributed by atoms with Crippen LogP contribution in [-0.2, 0) is 25.5 Å². The molecule has 0 bridgehead atoms. The first-order chi connectivity index (χ1) is 20.1. The Morgan fingerprint density at radius 2 is 1.09 bits per heavy atom. The topological polar surface area (TPSA) is 52.6 Å². The average Bonchev–Trinajstić information content (AvgIpc) is 2.92. The second-order valence-electron chi connectivity index (χ2n) is 16.2. The number of carbonyl (C=O) groups is 2. The van der Waals surface area contributed by atoms with Crippen molar-refractivity contribution in [3.63, 3.8) is 0 Å². The van der Waals surface area contributed by atoms with Crippen LogP contribution in [0, 0.1) is 38.4 Å². The van der Waals surface area contributed by atoms with Crippen LogP contribution in [-0.4, -0.2) is 25.2 Å². The van der Waals surface area contributed by atoms with Crippen molar-refractivity contribution in [3.8, 4) is 0 Å². The van der Waals surface area contributed by atoms with Crippen molar-refractivity contribution in [1.82, 2.24) is 0 Å². The lowest BCUT2D eigenvalue weighted by atomic mass is 9.37. The first-order valence-corrected chi connectivity index (χ1v) is 17.5. The van der Waals surface area contributed by atoms with Crippen molar-refractivity contribution >= 4 is 11.9 Å². The molecule has 0 aliphatic heterocycles. The molecule has 1 rings (SSSR count). The van der Waals surface area contributed by atoms with Gasteiger partial charge in [-0.3, -0.25) is 9.59 Å². The first kappa shape index (κ1) is 42.2. The van der Waals surface area contributed by atoms with E-state index < -0.39 is 27.1 Å². The van der Waals surface area contributed by atoms with Crippen LogP contribution in [0.25, 0.3) is 0 Å². The van der Waals surface area contributed by atoms with E-state index in [1.165, 1.54) is 12.0 Å². The third-order valence-electron chi connectivity index (χ3n) is 11.8. The molecule has 1 aromatic rings. The van der Waals surface area contributed by atoms with Gasteiger partial charge in [0.25, 0.3) is 0 Å². The fourth-order valence-corrected chi connectivity index (χ4v) is 6.94. The number of hydrogen-bond acceptors (Lipinski definition) is 4.